The van der Waals surface area contributed by atoms with Gasteiger partial charge in [0.1, 0.15) is 5.75 Å². The molecule has 1 saturated carbocycles. The van der Waals surface area contributed by atoms with E-state index < -0.39 is 17.5 Å². The van der Waals surface area contributed by atoms with E-state index in [0.29, 0.717) is 19.3 Å². The molecule has 1 aromatic carbocycles. The quantitative estimate of drug-likeness (QED) is 0.894. The highest BCUT2D eigenvalue weighted by molar-refractivity contribution is 9.10. The molecule has 0 amide bonds. The van der Waals surface area contributed by atoms with E-state index in [9.17, 15) is 9.90 Å². The fraction of sp³-hybridized carbons (Fsp3) is 0.462. The average molecular weight is 315 g/mol. The number of aliphatic hydroxyl groups is 1. The van der Waals surface area contributed by atoms with Gasteiger partial charge in [0, 0.05) is 6.42 Å². The largest absolute Gasteiger partial charge is 0.496 e. The number of aliphatic carboxylic acids is 1. The number of hydrogen-bond donors (Lipinski definition) is 2. The van der Waals surface area contributed by atoms with Crippen molar-refractivity contribution in [2.45, 2.75) is 24.9 Å². The lowest BCUT2D eigenvalue weighted by Gasteiger charge is -2.41. The highest BCUT2D eigenvalue weighted by Gasteiger charge is 2.46. The molecule has 0 aromatic heterocycles. The van der Waals surface area contributed by atoms with Crippen LogP contribution in [0.25, 0.3) is 0 Å². The molecule has 0 atom stereocenters. The van der Waals surface area contributed by atoms with Crippen molar-refractivity contribution in [2.24, 2.45) is 5.92 Å². The van der Waals surface area contributed by atoms with Crippen LogP contribution in [0, 0.1) is 5.92 Å². The lowest BCUT2D eigenvalue weighted by Crippen LogP contribution is -2.48. The number of hydrogen-bond acceptors (Lipinski definition) is 3. The number of methoxy groups -OCH3 is 1. The molecule has 1 fully saturated rings. The van der Waals surface area contributed by atoms with Gasteiger partial charge in [-0.2, -0.15) is 0 Å². The molecule has 0 bridgehead atoms. The normalized spacial score (nSPS) is 26.5. The molecule has 0 spiro atoms. The summed E-state index contributed by atoms with van der Waals surface area (Å²) in [5, 5.41) is 19.0. The van der Waals surface area contributed by atoms with Crippen molar-refractivity contribution in [2.75, 3.05) is 7.11 Å². The van der Waals surface area contributed by atoms with Crippen molar-refractivity contribution in [1.29, 1.82) is 0 Å². The second-order valence-electron chi connectivity index (χ2n) is 4.81. The Bertz CT molecular complexity index is 466. The van der Waals surface area contributed by atoms with Gasteiger partial charge < -0.3 is 14.9 Å². The van der Waals surface area contributed by atoms with Crippen molar-refractivity contribution in [1.82, 2.24) is 0 Å². The molecule has 1 aliphatic carbocycles. The van der Waals surface area contributed by atoms with Crippen LogP contribution in [-0.4, -0.2) is 28.9 Å². The molecule has 1 aromatic rings. The van der Waals surface area contributed by atoms with Crippen LogP contribution in [0.4, 0.5) is 0 Å². The summed E-state index contributed by atoms with van der Waals surface area (Å²) in [5.74, 6) is -0.491. The predicted octanol–water partition coefficient (Wildman–Crippen LogP) is 2.23. The summed E-state index contributed by atoms with van der Waals surface area (Å²) in [6.45, 7) is 0. The van der Waals surface area contributed by atoms with Crippen LogP contribution in [0.1, 0.15) is 18.4 Å². The lowest BCUT2D eigenvalue weighted by molar-refractivity contribution is -0.158. The second-order valence-corrected chi connectivity index (χ2v) is 5.67. The first-order valence-corrected chi connectivity index (χ1v) is 6.50. The van der Waals surface area contributed by atoms with E-state index in [4.69, 9.17) is 9.84 Å². The van der Waals surface area contributed by atoms with Gasteiger partial charge in [0.2, 0.25) is 0 Å². The standard InChI is InChI=1S/C13H15BrO4/c1-18-11-3-2-8(4-10(11)14)5-13(17)6-9(7-13)12(15)16/h2-4,9,17H,5-7H2,1H3,(H,15,16). The van der Waals surface area contributed by atoms with Crippen LogP contribution in [0.5, 0.6) is 5.75 Å². The maximum atomic E-state index is 10.7. The van der Waals surface area contributed by atoms with Gasteiger partial charge in [0.25, 0.3) is 0 Å². The number of carboxylic acids is 1. The van der Waals surface area contributed by atoms with Crippen LogP contribution in [0.3, 0.4) is 0 Å². The van der Waals surface area contributed by atoms with Gasteiger partial charge in [-0.05, 0) is 46.5 Å². The van der Waals surface area contributed by atoms with Gasteiger partial charge in [0.05, 0.1) is 23.1 Å². The monoisotopic (exact) mass is 314 g/mol. The number of halogens is 1. The number of rotatable bonds is 4. The molecule has 0 radical (unpaired) electrons. The Hall–Kier alpha value is -1.07. The van der Waals surface area contributed by atoms with E-state index in [1.807, 2.05) is 18.2 Å². The first-order valence-electron chi connectivity index (χ1n) is 5.71. The van der Waals surface area contributed by atoms with Crippen LogP contribution >= 0.6 is 15.9 Å². The van der Waals surface area contributed by atoms with Crippen LogP contribution in [-0.2, 0) is 11.2 Å². The first-order chi connectivity index (χ1) is 8.43. The third-order valence-electron chi connectivity index (χ3n) is 3.35. The van der Waals surface area contributed by atoms with E-state index in [1.54, 1.807) is 7.11 Å². The molecule has 1 aliphatic rings. The first kappa shape index (κ1) is 13.4. The fourth-order valence-corrected chi connectivity index (χ4v) is 2.96. The number of carbonyl (C=O) groups is 1. The summed E-state index contributed by atoms with van der Waals surface area (Å²) in [4.78, 5) is 10.7. The Morgan fingerprint density at radius 1 is 1.56 bits per heavy atom. The van der Waals surface area contributed by atoms with Crippen molar-refractivity contribution in [3.63, 3.8) is 0 Å². The summed E-state index contributed by atoms with van der Waals surface area (Å²) in [7, 11) is 1.59. The number of benzene rings is 1. The average Bonchev–Trinajstić information content (AvgIpc) is 2.25. The smallest absolute Gasteiger partial charge is 0.306 e. The van der Waals surface area contributed by atoms with Gasteiger partial charge in [0.15, 0.2) is 0 Å². The minimum Gasteiger partial charge on any atom is -0.496 e. The Kier molecular flexibility index (Phi) is 3.64. The Balaban J connectivity index is 2.02. The van der Waals surface area contributed by atoms with Crippen molar-refractivity contribution in [3.05, 3.63) is 28.2 Å². The van der Waals surface area contributed by atoms with E-state index in [0.717, 1.165) is 15.8 Å². The Morgan fingerprint density at radius 3 is 2.72 bits per heavy atom. The predicted molar refractivity (Wildman–Crippen MR) is 69.7 cm³/mol. The Labute approximate surface area is 114 Å². The van der Waals surface area contributed by atoms with E-state index in [-0.39, 0.29) is 0 Å². The zero-order chi connectivity index (χ0) is 13.3. The van der Waals surface area contributed by atoms with Gasteiger partial charge >= 0.3 is 5.97 Å². The summed E-state index contributed by atoms with van der Waals surface area (Å²) in [6.07, 6.45) is 1.12. The molecular formula is C13H15BrO4. The summed E-state index contributed by atoms with van der Waals surface area (Å²) in [5.41, 5.74) is 0.0888. The molecule has 98 valence electrons. The third kappa shape index (κ3) is 2.67. The van der Waals surface area contributed by atoms with Gasteiger partial charge in [-0.25, -0.2) is 0 Å². The minimum absolute atomic E-state index is 0.325. The van der Waals surface area contributed by atoms with E-state index in [2.05, 4.69) is 15.9 Å². The molecule has 2 N–H and O–H groups in total. The zero-order valence-electron chi connectivity index (χ0n) is 10.0. The Morgan fingerprint density at radius 2 is 2.22 bits per heavy atom. The molecule has 18 heavy (non-hydrogen) atoms. The molecule has 5 heteroatoms. The van der Waals surface area contributed by atoms with E-state index in [1.165, 1.54) is 0 Å². The number of carboxylic acid groups (broad SMARTS) is 1. The van der Waals surface area contributed by atoms with Crippen LogP contribution in [0.15, 0.2) is 22.7 Å². The topological polar surface area (TPSA) is 66.8 Å². The fourth-order valence-electron chi connectivity index (χ4n) is 2.38. The van der Waals surface area contributed by atoms with Gasteiger partial charge in [-0.15, -0.1) is 0 Å². The molecule has 0 saturated heterocycles. The van der Waals surface area contributed by atoms with Crippen molar-refractivity contribution >= 4 is 21.9 Å². The lowest BCUT2D eigenvalue weighted by atomic mass is 9.68. The molecule has 2 rings (SSSR count). The van der Waals surface area contributed by atoms with Crippen LogP contribution < -0.4 is 4.74 Å². The van der Waals surface area contributed by atoms with Gasteiger partial charge in [-0.1, -0.05) is 6.07 Å². The third-order valence-corrected chi connectivity index (χ3v) is 3.97. The maximum Gasteiger partial charge on any atom is 0.306 e. The summed E-state index contributed by atoms with van der Waals surface area (Å²) < 4.78 is 5.97. The molecule has 4 nitrogen and oxygen atoms in total. The van der Waals surface area contributed by atoms with Crippen LogP contribution in [0.2, 0.25) is 0 Å². The zero-order valence-corrected chi connectivity index (χ0v) is 11.6. The minimum atomic E-state index is -0.878. The highest BCUT2D eigenvalue weighted by atomic mass is 79.9. The molecular weight excluding hydrogens is 300 g/mol. The SMILES string of the molecule is COc1ccc(CC2(O)CC(C(=O)O)C2)cc1Br. The summed E-state index contributed by atoms with van der Waals surface area (Å²) >= 11 is 3.39. The number of ether oxygens (including phenoxy) is 1. The molecule has 0 heterocycles. The summed E-state index contributed by atoms with van der Waals surface area (Å²) in [6, 6.07) is 5.61. The van der Waals surface area contributed by atoms with E-state index >= 15 is 0 Å². The maximum absolute atomic E-state index is 10.7. The molecule has 0 unspecified atom stereocenters. The van der Waals surface area contributed by atoms with Crippen molar-refractivity contribution in [3.8, 4) is 5.75 Å². The second kappa shape index (κ2) is 4.90. The van der Waals surface area contributed by atoms with Crippen molar-refractivity contribution < 1.29 is 19.7 Å². The van der Waals surface area contributed by atoms with Gasteiger partial charge in [-0.3, -0.25) is 4.79 Å². The molecule has 0 aliphatic heterocycles. The highest BCUT2D eigenvalue weighted by Crippen LogP contribution is 2.41.